The topological polar surface area (TPSA) is 12.0 Å². The van der Waals surface area contributed by atoms with E-state index < -0.39 is 0 Å². The van der Waals surface area contributed by atoms with E-state index in [0.717, 1.165) is 24.0 Å². The zero-order chi connectivity index (χ0) is 13.9. The second-order valence-electron chi connectivity index (χ2n) is 6.63. The summed E-state index contributed by atoms with van der Waals surface area (Å²) in [5.41, 5.74) is 1.92. The van der Waals surface area contributed by atoms with Crippen LogP contribution in [0.15, 0.2) is 24.3 Å². The molecule has 0 radical (unpaired) electrons. The van der Waals surface area contributed by atoms with Crippen LogP contribution in [0, 0.1) is 11.3 Å². The monoisotopic (exact) mass is 279 g/mol. The van der Waals surface area contributed by atoms with E-state index in [9.17, 15) is 0 Å². The average Bonchev–Trinajstić information content (AvgIpc) is 2.37. The summed E-state index contributed by atoms with van der Waals surface area (Å²) < 4.78 is 0. The van der Waals surface area contributed by atoms with Gasteiger partial charge in [0, 0.05) is 5.02 Å². The van der Waals surface area contributed by atoms with Crippen molar-refractivity contribution in [1.82, 2.24) is 5.32 Å². The van der Waals surface area contributed by atoms with Gasteiger partial charge in [-0.1, -0.05) is 44.5 Å². The van der Waals surface area contributed by atoms with Gasteiger partial charge in [-0.05, 0) is 67.3 Å². The van der Waals surface area contributed by atoms with Gasteiger partial charge in [-0.3, -0.25) is 0 Å². The Kier molecular flexibility index (Phi) is 4.92. The van der Waals surface area contributed by atoms with Gasteiger partial charge in [0.2, 0.25) is 0 Å². The van der Waals surface area contributed by atoms with Crippen molar-refractivity contribution in [3.05, 3.63) is 34.9 Å². The van der Waals surface area contributed by atoms with Crippen molar-refractivity contribution in [2.45, 2.75) is 46.0 Å². The summed E-state index contributed by atoms with van der Waals surface area (Å²) in [7, 11) is 0. The van der Waals surface area contributed by atoms with Crippen LogP contribution >= 0.6 is 11.6 Å². The van der Waals surface area contributed by atoms with E-state index >= 15 is 0 Å². The predicted octanol–water partition coefficient (Wildman–Crippen LogP) is 4.86. The molecule has 2 heteroatoms. The number of nitrogens with one attached hydrogen (secondary N) is 1. The molecule has 1 aliphatic rings. The SMILES string of the molecule is CCNCC1CCC(C)(C)CC1c1ccc(Cl)cc1. The van der Waals surface area contributed by atoms with Crippen molar-refractivity contribution in [2.24, 2.45) is 11.3 Å². The molecule has 1 fully saturated rings. The Morgan fingerprint density at radius 2 is 1.95 bits per heavy atom. The van der Waals surface area contributed by atoms with Crippen LogP contribution in [0.1, 0.15) is 51.5 Å². The summed E-state index contributed by atoms with van der Waals surface area (Å²) in [6, 6.07) is 8.49. The maximum Gasteiger partial charge on any atom is 0.0406 e. The van der Waals surface area contributed by atoms with Crippen molar-refractivity contribution in [3.63, 3.8) is 0 Å². The van der Waals surface area contributed by atoms with Crippen LogP contribution in [0.4, 0.5) is 0 Å². The van der Waals surface area contributed by atoms with Crippen LogP contribution in [-0.4, -0.2) is 13.1 Å². The average molecular weight is 280 g/mol. The largest absolute Gasteiger partial charge is 0.317 e. The van der Waals surface area contributed by atoms with Crippen LogP contribution in [0.2, 0.25) is 5.02 Å². The highest BCUT2D eigenvalue weighted by Gasteiger charge is 2.35. The second kappa shape index (κ2) is 6.28. The zero-order valence-corrected chi connectivity index (χ0v) is 13.1. The maximum atomic E-state index is 6.01. The van der Waals surface area contributed by atoms with Crippen molar-refractivity contribution >= 4 is 11.6 Å². The number of hydrogen-bond donors (Lipinski definition) is 1. The molecule has 0 amide bonds. The molecule has 1 saturated carbocycles. The van der Waals surface area contributed by atoms with Gasteiger partial charge >= 0.3 is 0 Å². The molecule has 2 atom stereocenters. The van der Waals surface area contributed by atoms with Crippen molar-refractivity contribution < 1.29 is 0 Å². The number of rotatable bonds is 4. The van der Waals surface area contributed by atoms with Crippen LogP contribution in [-0.2, 0) is 0 Å². The molecule has 0 aromatic heterocycles. The fourth-order valence-electron chi connectivity index (χ4n) is 3.32. The first kappa shape index (κ1) is 14.9. The molecule has 1 aliphatic carbocycles. The minimum atomic E-state index is 0.465. The van der Waals surface area contributed by atoms with Crippen molar-refractivity contribution in [2.75, 3.05) is 13.1 Å². The molecule has 106 valence electrons. The van der Waals surface area contributed by atoms with Gasteiger partial charge in [0.05, 0.1) is 0 Å². The van der Waals surface area contributed by atoms with Crippen molar-refractivity contribution in [3.8, 4) is 0 Å². The third-order valence-electron chi connectivity index (χ3n) is 4.49. The quantitative estimate of drug-likeness (QED) is 0.830. The van der Waals surface area contributed by atoms with Gasteiger partial charge in [-0.15, -0.1) is 0 Å². The third kappa shape index (κ3) is 3.97. The van der Waals surface area contributed by atoms with E-state index in [-0.39, 0.29) is 0 Å². The summed E-state index contributed by atoms with van der Waals surface area (Å²) in [6.07, 6.45) is 3.95. The molecule has 2 unspecified atom stereocenters. The Labute approximate surface area is 122 Å². The molecule has 1 aromatic rings. The Balaban J connectivity index is 2.17. The molecular formula is C17H26ClN. The second-order valence-corrected chi connectivity index (χ2v) is 7.07. The van der Waals surface area contributed by atoms with Gasteiger partial charge in [0.25, 0.3) is 0 Å². The Morgan fingerprint density at radius 3 is 2.58 bits per heavy atom. The van der Waals surface area contributed by atoms with E-state index in [4.69, 9.17) is 11.6 Å². The Hall–Kier alpha value is -0.530. The molecule has 0 bridgehead atoms. The first-order valence-corrected chi connectivity index (χ1v) is 7.86. The van der Waals surface area contributed by atoms with E-state index in [2.05, 4.69) is 38.2 Å². The summed E-state index contributed by atoms with van der Waals surface area (Å²) in [5.74, 6) is 1.43. The minimum absolute atomic E-state index is 0.465. The fraction of sp³-hybridized carbons (Fsp3) is 0.647. The molecule has 2 rings (SSSR count). The van der Waals surface area contributed by atoms with Gasteiger partial charge in [-0.25, -0.2) is 0 Å². The van der Waals surface area contributed by atoms with Crippen LogP contribution < -0.4 is 5.32 Å². The Bertz CT molecular complexity index is 396. The van der Waals surface area contributed by atoms with E-state index in [1.165, 1.54) is 24.8 Å². The lowest BCUT2D eigenvalue weighted by Gasteiger charge is -2.41. The highest BCUT2D eigenvalue weighted by atomic mass is 35.5. The van der Waals surface area contributed by atoms with E-state index in [0.29, 0.717) is 11.3 Å². The predicted molar refractivity (Wildman–Crippen MR) is 83.9 cm³/mol. The molecule has 0 aliphatic heterocycles. The summed E-state index contributed by atoms with van der Waals surface area (Å²) in [4.78, 5) is 0. The molecule has 1 N–H and O–H groups in total. The Morgan fingerprint density at radius 1 is 1.26 bits per heavy atom. The first-order valence-electron chi connectivity index (χ1n) is 7.48. The molecule has 0 heterocycles. The van der Waals surface area contributed by atoms with Gasteiger partial charge in [0.15, 0.2) is 0 Å². The molecule has 0 spiro atoms. The van der Waals surface area contributed by atoms with Crippen LogP contribution in [0.3, 0.4) is 0 Å². The fourth-order valence-corrected chi connectivity index (χ4v) is 3.44. The molecule has 0 saturated heterocycles. The molecule has 1 aromatic carbocycles. The standard InChI is InChI=1S/C17H26ClN/c1-4-19-12-14-9-10-17(2,3)11-16(14)13-5-7-15(18)8-6-13/h5-8,14,16,19H,4,9-12H2,1-3H3. The van der Waals surface area contributed by atoms with Gasteiger partial charge in [0.1, 0.15) is 0 Å². The minimum Gasteiger partial charge on any atom is -0.317 e. The van der Waals surface area contributed by atoms with Gasteiger partial charge < -0.3 is 5.32 Å². The molecule has 19 heavy (non-hydrogen) atoms. The molecule has 1 nitrogen and oxygen atoms in total. The van der Waals surface area contributed by atoms with Crippen LogP contribution in [0.25, 0.3) is 0 Å². The van der Waals surface area contributed by atoms with E-state index in [1.54, 1.807) is 0 Å². The third-order valence-corrected chi connectivity index (χ3v) is 4.74. The summed E-state index contributed by atoms with van der Waals surface area (Å²) >= 11 is 6.01. The zero-order valence-electron chi connectivity index (χ0n) is 12.4. The number of halogens is 1. The lowest BCUT2D eigenvalue weighted by molar-refractivity contribution is 0.160. The first-order chi connectivity index (χ1) is 9.02. The summed E-state index contributed by atoms with van der Waals surface area (Å²) in [6.45, 7) is 9.19. The van der Waals surface area contributed by atoms with Crippen LogP contribution in [0.5, 0.6) is 0 Å². The normalized spacial score (nSPS) is 26.3. The summed E-state index contributed by atoms with van der Waals surface area (Å²) in [5, 5.41) is 4.37. The maximum absolute atomic E-state index is 6.01. The van der Waals surface area contributed by atoms with Gasteiger partial charge in [-0.2, -0.15) is 0 Å². The number of benzene rings is 1. The van der Waals surface area contributed by atoms with Crippen molar-refractivity contribution in [1.29, 1.82) is 0 Å². The highest BCUT2D eigenvalue weighted by Crippen LogP contribution is 2.46. The van der Waals surface area contributed by atoms with E-state index in [1.807, 2.05) is 12.1 Å². The lowest BCUT2D eigenvalue weighted by Crippen LogP contribution is -2.34. The number of hydrogen-bond acceptors (Lipinski definition) is 1. The smallest absolute Gasteiger partial charge is 0.0406 e. The molecular weight excluding hydrogens is 254 g/mol. The highest BCUT2D eigenvalue weighted by molar-refractivity contribution is 6.30. The lowest BCUT2D eigenvalue weighted by atomic mass is 9.65.